The van der Waals surface area contributed by atoms with Crippen molar-refractivity contribution >= 4 is 11.9 Å². The summed E-state index contributed by atoms with van der Waals surface area (Å²) in [6.07, 6.45) is 3.96. The molecule has 1 saturated heterocycles. The Kier molecular flexibility index (Phi) is 4.34. The average molecular weight is 211 g/mol. The molecule has 1 atom stereocenters. The van der Waals surface area contributed by atoms with Crippen molar-refractivity contribution in [2.75, 3.05) is 13.1 Å². The molecule has 1 fully saturated rings. The lowest BCUT2D eigenvalue weighted by atomic mass is 10.1. The van der Waals surface area contributed by atoms with Crippen LogP contribution in [0.5, 0.6) is 0 Å². The van der Waals surface area contributed by atoms with E-state index in [4.69, 9.17) is 5.11 Å². The van der Waals surface area contributed by atoms with Crippen LogP contribution < -0.4 is 0 Å². The number of carbonyl (C=O) groups excluding carboxylic acids is 1. The lowest BCUT2D eigenvalue weighted by molar-refractivity contribution is -0.137. The van der Waals surface area contributed by atoms with Gasteiger partial charge in [0.2, 0.25) is 5.91 Å². The molecule has 1 aliphatic rings. The fourth-order valence-corrected chi connectivity index (χ4v) is 1.76. The first kappa shape index (κ1) is 11.8. The second kappa shape index (κ2) is 5.53. The standard InChI is InChI=1S/C11H17NO3/c1-2-9-7-10(13)12(8-9)6-4-3-5-11(14)15/h2,9H,1,3-8H2,(H,14,15). The van der Waals surface area contributed by atoms with Gasteiger partial charge in [0, 0.05) is 31.8 Å². The Bertz CT molecular complexity index is 263. The van der Waals surface area contributed by atoms with Crippen LogP contribution in [-0.4, -0.2) is 35.0 Å². The number of carboxylic acid groups (broad SMARTS) is 1. The van der Waals surface area contributed by atoms with Crippen molar-refractivity contribution in [3.63, 3.8) is 0 Å². The Morgan fingerprint density at radius 3 is 2.87 bits per heavy atom. The normalized spacial score (nSPS) is 20.7. The number of hydrogen-bond acceptors (Lipinski definition) is 2. The topological polar surface area (TPSA) is 57.6 Å². The van der Waals surface area contributed by atoms with Crippen molar-refractivity contribution < 1.29 is 14.7 Å². The van der Waals surface area contributed by atoms with E-state index in [0.29, 0.717) is 19.4 Å². The summed E-state index contributed by atoms with van der Waals surface area (Å²) in [5.74, 6) is -0.334. The van der Waals surface area contributed by atoms with Crippen LogP contribution in [-0.2, 0) is 9.59 Å². The molecule has 4 nitrogen and oxygen atoms in total. The summed E-state index contributed by atoms with van der Waals surface area (Å²) in [6.45, 7) is 5.10. The molecule has 15 heavy (non-hydrogen) atoms. The zero-order valence-electron chi connectivity index (χ0n) is 8.82. The van der Waals surface area contributed by atoms with Crippen LogP contribution in [0.25, 0.3) is 0 Å². The van der Waals surface area contributed by atoms with Crippen LogP contribution in [0, 0.1) is 5.92 Å². The van der Waals surface area contributed by atoms with Gasteiger partial charge in [0.25, 0.3) is 0 Å². The lowest BCUT2D eigenvalue weighted by Crippen LogP contribution is -2.26. The van der Waals surface area contributed by atoms with Crippen LogP contribution in [0.1, 0.15) is 25.7 Å². The molecule has 1 aliphatic heterocycles. The minimum atomic E-state index is -0.772. The van der Waals surface area contributed by atoms with E-state index in [0.717, 1.165) is 13.0 Å². The summed E-state index contributed by atoms with van der Waals surface area (Å²) in [5, 5.41) is 8.44. The molecule has 4 heteroatoms. The molecule has 1 unspecified atom stereocenters. The number of carbonyl (C=O) groups is 2. The van der Waals surface area contributed by atoms with E-state index >= 15 is 0 Å². The van der Waals surface area contributed by atoms with E-state index in [2.05, 4.69) is 6.58 Å². The van der Waals surface area contributed by atoms with E-state index in [1.807, 2.05) is 6.08 Å². The molecule has 0 aliphatic carbocycles. The predicted molar refractivity (Wildman–Crippen MR) is 56.4 cm³/mol. The zero-order valence-corrected chi connectivity index (χ0v) is 8.82. The molecule has 1 N–H and O–H groups in total. The zero-order chi connectivity index (χ0) is 11.3. The summed E-state index contributed by atoms with van der Waals surface area (Å²) in [4.78, 5) is 23.5. The first-order chi connectivity index (χ1) is 7.13. The Labute approximate surface area is 89.6 Å². The Morgan fingerprint density at radius 1 is 1.60 bits per heavy atom. The Morgan fingerprint density at radius 2 is 2.33 bits per heavy atom. The van der Waals surface area contributed by atoms with Crippen molar-refractivity contribution in [1.82, 2.24) is 4.90 Å². The minimum Gasteiger partial charge on any atom is -0.481 e. The van der Waals surface area contributed by atoms with Crippen LogP contribution in [0.4, 0.5) is 0 Å². The van der Waals surface area contributed by atoms with Crippen LogP contribution >= 0.6 is 0 Å². The summed E-state index contributed by atoms with van der Waals surface area (Å²) in [6, 6.07) is 0. The molecule has 0 aromatic heterocycles. The SMILES string of the molecule is C=CC1CC(=O)N(CCCCC(=O)O)C1. The quantitative estimate of drug-likeness (QED) is 0.531. The number of hydrogen-bond donors (Lipinski definition) is 1. The molecule has 84 valence electrons. The van der Waals surface area contributed by atoms with E-state index in [9.17, 15) is 9.59 Å². The second-order valence-corrected chi connectivity index (χ2v) is 3.89. The molecule has 0 bridgehead atoms. The van der Waals surface area contributed by atoms with Gasteiger partial charge in [-0.15, -0.1) is 6.58 Å². The first-order valence-electron chi connectivity index (χ1n) is 5.25. The van der Waals surface area contributed by atoms with Crippen molar-refractivity contribution in [3.05, 3.63) is 12.7 Å². The maximum absolute atomic E-state index is 11.4. The number of rotatable bonds is 6. The number of likely N-dealkylation sites (tertiary alicyclic amines) is 1. The molecule has 0 radical (unpaired) electrons. The van der Waals surface area contributed by atoms with Gasteiger partial charge in [-0.05, 0) is 12.8 Å². The molecular formula is C11H17NO3. The summed E-state index contributed by atoms with van der Waals surface area (Å²) >= 11 is 0. The highest BCUT2D eigenvalue weighted by Gasteiger charge is 2.26. The van der Waals surface area contributed by atoms with Crippen molar-refractivity contribution in [2.24, 2.45) is 5.92 Å². The van der Waals surface area contributed by atoms with Crippen LogP contribution in [0.2, 0.25) is 0 Å². The Hall–Kier alpha value is -1.32. The van der Waals surface area contributed by atoms with Crippen molar-refractivity contribution in [2.45, 2.75) is 25.7 Å². The fourth-order valence-electron chi connectivity index (χ4n) is 1.76. The van der Waals surface area contributed by atoms with Crippen LogP contribution in [0.3, 0.4) is 0 Å². The molecule has 0 spiro atoms. The number of unbranched alkanes of at least 4 members (excludes halogenated alkanes) is 1. The fraction of sp³-hybridized carbons (Fsp3) is 0.636. The number of nitrogens with zero attached hydrogens (tertiary/aromatic N) is 1. The molecule has 0 saturated carbocycles. The summed E-state index contributed by atoms with van der Waals surface area (Å²) < 4.78 is 0. The Balaban J connectivity index is 2.19. The number of carboxylic acids is 1. The maximum Gasteiger partial charge on any atom is 0.303 e. The minimum absolute atomic E-state index is 0.162. The van der Waals surface area contributed by atoms with E-state index < -0.39 is 5.97 Å². The maximum atomic E-state index is 11.4. The van der Waals surface area contributed by atoms with Gasteiger partial charge in [0.05, 0.1) is 0 Å². The second-order valence-electron chi connectivity index (χ2n) is 3.89. The van der Waals surface area contributed by atoms with Gasteiger partial charge in [0.1, 0.15) is 0 Å². The van der Waals surface area contributed by atoms with Crippen molar-refractivity contribution in [3.8, 4) is 0 Å². The third kappa shape index (κ3) is 3.73. The number of aliphatic carboxylic acids is 1. The molecule has 1 amide bonds. The third-order valence-corrected chi connectivity index (χ3v) is 2.65. The lowest BCUT2D eigenvalue weighted by Gasteiger charge is -2.15. The highest BCUT2D eigenvalue weighted by molar-refractivity contribution is 5.78. The van der Waals surface area contributed by atoms with Gasteiger partial charge < -0.3 is 10.0 Å². The number of amides is 1. The van der Waals surface area contributed by atoms with Gasteiger partial charge in [-0.3, -0.25) is 9.59 Å². The molecule has 0 aromatic carbocycles. The van der Waals surface area contributed by atoms with Crippen molar-refractivity contribution in [1.29, 1.82) is 0 Å². The molecule has 1 heterocycles. The van der Waals surface area contributed by atoms with Gasteiger partial charge in [-0.1, -0.05) is 6.08 Å². The first-order valence-corrected chi connectivity index (χ1v) is 5.25. The van der Waals surface area contributed by atoms with Crippen LogP contribution in [0.15, 0.2) is 12.7 Å². The average Bonchev–Trinajstić information content (AvgIpc) is 2.54. The molecule has 0 aromatic rings. The van der Waals surface area contributed by atoms with Gasteiger partial charge >= 0.3 is 5.97 Å². The highest BCUT2D eigenvalue weighted by atomic mass is 16.4. The molecular weight excluding hydrogens is 194 g/mol. The van der Waals surface area contributed by atoms with Gasteiger partial charge in [-0.25, -0.2) is 0 Å². The summed E-state index contributed by atoms with van der Waals surface area (Å²) in [5.41, 5.74) is 0. The van der Waals surface area contributed by atoms with Gasteiger partial charge in [-0.2, -0.15) is 0 Å². The highest BCUT2D eigenvalue weighted by Crippen LogP contribution is 2.18. The largest absolute Gasteiger partial charge is 0.481 e. The predicted octanol–water partition coefficient (Wildman–Crippen LogP) is 1.28. The van der Waals surface area contributed by atoms with E-state index in [-0.39, 0.29) is 18.2 Å². The molecule has 1 rings (SSSR count). The van der Waals surface area contributed by atoms with Gasteiger partial charge in [0.15, 0.2) is 0 Å². The summed E-state index contributed by atoms with van der Waals surface area (Å²) in [7, 11) is 0. The van der Waals surface area contributed by atoms with E-state index in [1.54, 1.807) is 4.90 Å². The monoisotopic (exact) mass is 211 g/mol. The van der Waals surface area contributed by atoms with E-state index in [1.165, 1.54) is 0 Å². The third-order valence-electron chi connectivity index (χ3n) is 2.65. The smallest absolute Gasteiger partial charge is 0.303 e.